The quantitative estimate of drug-likeness (QED) is 0.842. The molecule has 0 saturated carbocycles. The topological polar surface area (TPSA) is 64.1 Å². The predicted octanol–water partition coefficient (Wildman–Crippen LogP) is 1.39. The molecule has 2 heterocycles. The van der Waals surface area contributed by atoms with Gasteiger partial charge >= 0.3 is 0 Å². The SMILES string of the molecule is CCCC#Cc1ccc(C(=O)NCC2CCOC2)nn1. The summed E-state index contributed by atoms with van der Waals surface area (Å²) in [7, 11) is 0. The standard InChI is InChI=1S/C15H19N3O2/c1-2-3-4-5-13-6-7-14(18-17-13)15(19)16-10-12-8-9-20-11-12/h6-7,12H,2-3,8-11H2,1H3,(H,16,19). The number of aromatic nitrogens is 2. The molecule has 0 bridgehead atoms. The molecule has 1 aliphatic rings. The maximum Gasteiger partial charge on any atom is 0.271 e. The van der Waals surface area contributed by atoms with Crippen molar-refractivity contribution in [3.8, 4) is 11.8 Å². The molecule has 2 rings (SSSR count). The Hall–Kier alpha value is -1.93. The van der Waals surface area contributed by atoms with Crippen molar-refractivity contribution < 1.29 is 9.53 Å². The van der Waals surface area contributed by atoms with Crippen molar-refractivity contribution in [2.75, 3.05) is 19.8 Å². The summed E-state index contributed by atoms with van der Waals surface area (Å²) in [5.74, 6) is 6.12. The van der Waals surface area contributed by atoms with Crippen LogP contribution in [0.3, 0.4) is 0 Å². The van der Waals surface area contributed by atoms with Crippen molar-refractivity contribution in [1.82, 2.24) is 15.5 Å². The lowest BCUT2D eigenvalue weighted by Crippen LogP contribution is -2.30. The van der Waals surface area contributed by atoms with Gasteiger partial charge in [-0.3, -0.25) is 4.79 Å². The van der Waals surface area contributed by atoms with Gasteiger partial charge in [-0.05, 0) is 30.9 Å². The summed E-state index contributed by atoms with van der Waals surface area (Å²) >= 11 is 0. The van der Waals surface area contributed by atoms with Gasteiger partial charge in [-0.2, -0.15) is 0 Å². The zero-order valence-corrected chi connectivity index (χ0v) is 11.7. The van der Waals surface area contributed by atoms with E-state index < -0.39 is 0 Å². The molecule has 1 unspecified atom stereocenters. The second-order valence-corrected chi connectivity index (χ2v) is 4.80. The monoisotopic (exact) mass is 273 g/mol. The van der Waals surface area contributed by atoms with Gasteiger partial charge < -0.3 is 10.1 Å². The van der Waals surface area contributed by atoms with Crippen molar-refractivity contribution >= 4 is 5.91 Å². The molecule has 0 radical (unpaired) electrons. The number of nitrogens with one attached hydrogen (secondary N) is 1. The van der Waals surface area contributed by atoms with Crippen molar-refractivity contribution in [2.45, 2.75) is 26.2 Å². The van der Waals surface area contributed by atoms with Crippen LogP contribution in [-0.2, 0) is 4.74 Å². The smallest absolute Gasteiger partial charge is 0.271 e. The number of rotatable bonds is 4. The Morgan fingerprint density at radius 3 is 3.05 bits per heavy atom. The Labute approximate surface area is 119 Å². The molecule has 1 fully saturated rings. The van der Waals surface area contributed by atoms with Gasteiger partial charge in [0.25, 0.3) is 5.91 Å². The van der Waals surface area contributed by atoms with E-state index in [0.717, 1.165) is 32.5 Å². The maximum atomic E-state index is 11.9. The van der Waals surface area contributed by atoms with Crippen molar-refractivity contribution in [3.63, 3.8) is 0 Å². The fourth-order valence-electron chi connectivity index (χ4n) is 1.87. The first-order chi connectivity index (χ1) is 9.79. The van der Waals surface area contributed by atoms with E-state index in [0.29, 0.717) is 23.9 Å². The summed E-state index contributed by atoms with van der Waals surface area (Å²) < 4.78 is 5.26. The Morgan fingerprint density at radius 2 is 2.40 bits per heavy atom. The molecule has 20 heavy (non-hydrogen) atoms. The van der Waals surface area contributed by atoms with Crippen LogP contribution in [0.4, 0.5) is 0 Å². The molecule has 0 aliphatic carbocycles. The highest BCUT2D eigenvalue weighted by atomic mass is 16.5. The number of hydrogen-bond donors (Lipinski definition) is 1. The second-order valence-electron chi connectivity index (χ2n) is 4.80. The van der Waals surface area contributed by atoms with Crippen LogP contribution in [0.2, 0.25) is 0 Å². The Morgan fingerprint density at radius 1 is 1.50 bits per heavy atom. The second kappa shape index (κ2) is 7.61. The molecule has 106 valence electrons. The van der Waals surface area contributed by atoms with Crippen LogP contribution in [0.1, 0.15) is 42.4 Å². The highest BCUT2D eigenvalue weighted by Gasteiger charge is 2.17. The minimum atomic E-state index is -0.197. The van der Waals surface area contributed by atoms with Gasteiger partial charge in [0.1, 0.15) is 5.69 Å². The summed E-state index contributed by atoms with van der Waals surface area (Å²) in [4.78, 5) is 11.9. The average Bonchev–Trinajstić information content (AvgIpc) is 2.99. The number of carbonyl (C=O) groups is 1. The first kappa shape index (κ1) is 14.5. The first-order valence-electron chi connectivity index (χ1n) is 6.98. The Kier molecular flexibility index (Phi) is 5.51. The largest absolute Gasteiger partial charge is 0.381 e. The number of amides is 1. The number of unbranched alkanes of at least 4 members (excludes halogenated alkanes) is 1. The Balaban J connectivity index is 1.85. The minimum absolute atomic E-state index is 0.197. The number of carbonyl (C=O) groups excluding carboxylic acids is 1. The van der Waals surface area contributed by atoms with E-state index >= 15 is 0 Å². The first-order valence-corrected chi connectivity index (χ1v) is 6.98. The average molecular weight is 273 g/mol. The maximum absolute atomic E-state index is 11.9. The molecule has 0 spiro atoms. The highest BCUT2D eigenvalue weighted by molar-refractivity contribution is 5.92. The molecule has 5 nitrogen and oxygen atoms in total. The molecule has 1 aliphatic heterocycles. The third-order valence-electron chi connectivity index (χ3n) is 3.06. The molecular weight excluding hydrogens is 254 g/mol. The summed E-state index contributed by atoms with van der Waals surface area (Å²) in [5, 5.41) is 10.7. The van der Waals surface area contributed by atoms with Crippen LogP contribution in [0, 0.1) is 17.8 Å². The van der Waals surface area contributed by atoms with E-state index in [-0.39, 0.29) is 5.91 Å². The molecule has 1 aromatic rings. The number of ether oxygens (including phenoxy) is 1. The van der Waals surface area contributed by atoms with Gasteiger partial charge in [0, 0.05) is 25.5 Å². The van der Waals surface area contributed by atoms with Crippen LogP contribution in [0.5, 0.6) is 0 Å². The lowest BCUT2D eigenvalue weighted by Gasteiger charge is -2.08. The van der Waals surface area contributed by atoms with E-state index in [1.54, 1.807) is 12.1 Å². The molecule has 1 aromatic heterocycles. The van der Waals surface area contributed by atoms with Gasteiger partial charge in [0.15, 0.2) is 5.69 Å². The lowest BCUT2D eigenvalue weighted by atomic mass is 10.1. The van der Waals surface area contributed by atoms with Crippen molar-refractivity contribution in [3.05, 3.63) is 23.5 Å². The highest BCUT2D eigenvalue weighted by Crippen LogP contribution is 2.10. The van der Waals surface area contributed by atoms with Crippen LogP contribution in [0.15, 0.2) is 12.1 Å². The van der Waals surface area contributed by atoms with Gasteiger partial charge in [-0.25, -0.2) is 0 Å². The molecule has 5 heteroatoms. The van der Waals surface area contributed by atoms with E-state index in [4.69, 9.17) is 4.74 Å². The summed E-state index contributed by atoms with van der Waals surface area (Å²) in [5.41, 5.74) is 0.921. The van der Waals surface area contributed by atoms with E-state index in [2.05, 4.69) is 34.3 Å². The van der Waals surface area contributed by atoms with Gasteiger partial charge in [-0.1, -0.05) is 12.8 Å². The zero-order valence-electron chi connectivity index (χ0n) is 11.7. The fourth-order valence-corrected chi connectivity index (χ4v) is 1.87. The summed E-state index contributed by atoms with van der Waals surface area (Å²) in [6.07, 6.45) is 2.86. The normalized spacial score (nSPS) is 17.4. The zero-order chi connectivity index (χ0) is 14.2. The van der Waals surface area contributed by atoms with Crippen LogP contribution < -0.4 is 5.32 Å². The molecule has 1 amide bonds. The molecular formula is C15H19N3O2. The van der Waals surface area contributed by atoms with Gasteiger partial charge in [-0.15, -0.1) is 10.2 Å². The Bertz CT molecular complexity index is 496. The minimum Gasteiger partial charge on any atom is -0.381 e. The van der Waals surface area contributed by atoms with Crippen molar-refractivity contribution in [2.24, 2.45) is 5.92 Å². The van der Waals surface area contributed by atoms with Crippen LogP contribution in [0.25, 0.3) is 0 Å². The van der Waals surface area contributed by atoms with Gasteiger partial charge in [0.05, 0.1) is 6.61 Å². The van der Waals surface area contributed by atoms with E-state index in [1.165, 1.54) is 0 Å². The number of nitrogens with zero attached hydrogens (tertiary/aromatic N) is 2. The molecule has 0 aromatic carbocycles. The van der Waals surface area contributed by atoms with Gasteiger partial charge in [0.2, 0.25) is 0 Å². The van der Waals surface area contributed by atoms with Crippen LogP contribution in [-0.4, -0.2) is 35.9 Å². The lowest BCUT2D eigenvalue weighted by molar-refractivity contribution is 0.0939. The fraction of sp³-hybridized carbons (Fsp3) is 0.533. The summed E-state index contributed by atoms with van der Waals surface area (Å²) in [6, 6.07) is 3.38. The third kappa shape index (κ3) is 4.32. The molecule has 1 saturated heterocycles. The summed E-state index contributed by atoms with van der Waals surface area (Å²) in [6.45, 7) is 4.20. The van der Waals surface area contributed by atoms with E-state index in [1.807, 2.05) is 0 Å². The molecule has 1 N–H and O–H groups in total. The third-order valence-corrected chi connectivity index (χ3v) is 3.06. The molecule has 1 atom stereocenters. The van der Waals surface area contributed by atoms with Crippen molar-refractivity contribution in [1.29, 1.82) is 0 Å². The number of hydrogen-bond acceptors (Lipinski definition) is 4. The van der Waals surface area contributed by atoms with E-state index in [9.17, 15) is 4.79 Å². The predicted molar refractivity (Wildman–Crippen MR) is 75.1 cm³/mol. The van der Waals surface area contributed by atoms with Crippen LogP contribution >= 0.6 is 0 Å².